The lowest BCUT2D eigenvalue weighted by atomic mass is 10.1. The molecule has 2 aliphatic heterocycles. The molecule has 0 aliphatic carbocycles. The third-order valence-corrected chi connectivity index (χ3v) is 7.04. The van der Waals surface area contributed by atoms with Crippen LogP contribution in [0.25, 0.3) is 0 Å². The topological polar surface area (TPSA) is 97.2 Å². The fourth-order valence-electron chi connectivity index (χ4n) is 4.28. The Hall–Kier alpha value is -3.34. The van der Waals surface area contributed by atoms with Gasteiger partial charge in [-0.15, -0.1) is 0 Å². The number of aromatic carboxylic acids is 1. The van der Waals surface area contributed by atoms with Crippen molar-refractivity contribution in [1.29, 1.82) is 0 Å². The van der Waals surface area contributed by atoms with Gasteiger partial charge in [0.1, 0.15) is 5.82 Å². The van der Waals surface area contributed by atoms with Crippen LogP contribution in [0.4, 0.5) is 5.82 Å². The molecule has 0 atom stereocenters. The van der Waals surface area contributed by atoms with Crippen molar-refractivity contribution < 1.29 is 24.1 Å². The monoisotopic (exact) mass is 508 g/mol. The van der Waals surface area contributed by atoms with Gasteiger partial charge in [0.2, 0.25) is 6.79 Å². The summed E-state index contributed by atoms with van der Waals surface area (Å²) in [4.78, 5) is 25.4. The molecule has 0 bridgehead atoms. The first-order valence-electron chi connectivity index (χ1n) is 11.7. The van der Waals surface area contributed by atoms with Crippen LogP contribution >= 0.6 is 11.8 Å². The van der Waals surface area contributed by atoms with Crippen molar-refractivity contribution in [3.63, 3.8) is 0 Å². The Bertz CT molecular complexity index is 1230. The summed E-state index contributed by atoms with van der Waals surface area (Å²) >= 11 is 1.49. The standard InChI is InChI=1S/C26H28N4O5S/c1-33-15-21-13-24(28-26(27-21)36-16-19-3-2-4-20(11-19)25(31)32)30-9-7-29(8-10-30)14-18-5-6-22-23(12-18)35-17-34-22/h2-6,11-13H,7-10,14-17H2,1H3,(H,31,32). The molecule has 10 heteroatoms. The smallest absolute Gasteiger partial charge is 0.335 e. The second kappa shape index (κ2) is 11.2. The van der Waals surface area contributed by atoms with Crippen molar-refractivity contribution in [2.45, 2.75) is 24.1 Å². The zero-order chi connectivity index (χ0) is 24.9. The van der Waals surface area contributed by atoms with E-state index in [-0.39, 0.29) is 12.4 Å². The maximum absolute atomic E-state index is 11.3. The lowest BCUT2D eigenvalue weighted by Gasteiger charge is -2.35. The minimum Gasteiger partial charge on any atom is -0.478 e. The number of hydrogen-bond acceptors (Lipinski definition) is 9. The summed E-state index contributed by atoms with van der Waals surface area (Å²) in [6.45, 7) is 5.11. The number of nitrogens with zero attached hydrogens (tertiary/aromatic N) is 4. The number of anilines is 1. The van der Waals surface area contributed by atoms with Gasteiger partial charge in [0.25, 0.3) is 0 Å². The summed E-state index contributed by atoms with van der Waals surface area (Å²) < 4.78 is 16.3. The summed E-state index contributed by atoms with van der Waals surface area (Å²) in [7, 11) is 1.65. The van der Waals surface area contributed by atoms with Gasteiger partial charge in [-0.3, -0.25) is 4.90 Å². The van der Waals surface area contributed by atoms with E-state index in [9.17, 15) is 9.90 Å². The average molecular weight is 509 g/mol. The molecule has 188 valence electrons. The van der Waals surface area contributed by atoms with Crippen LogP contribution in [0.2, 0.25) is 0 Å². The van der Waals surface area contributed by atoms with Crippen LogP contribution in [-0.2, 0) is 23.6 Å². The van der Waals surface area contributed by atoms with Crippen molar-refractivity contribution in [1.82, 2.24) is 14.9 Å². The Morgan fingerprint density at radius 1 is 1.03 bits per heavy atom. The summed E-state index contributed by atoms with van der Waals surface area (Å²) in [5.74, 6) is 2.17. The number of piperazine rings is 1. The highest BCUT2D eigenvalue weighted by Crippen LogP contribution is 2.33. The van der Waals surface area contributed by atoms with E-state index in [0.717, 1.165) is 61.3 Å². The Morgan fingerprint density at radius 2 is 1.86 bits per heavy atom. The van der Waals surface area contributed by atoms with E-state index in [2.05, 4.69) is 26.9 Å². The van der Waals surface area contributed by atoms with Crippen LogP contribution < -0.4 is 14.4 Å². The lowest BCUT2D eigenvalue weighted by Crippen LogP contribution is -2.46. The van der Waals surface area contributed by atoms with Crippen molar-refractivity contribution in [3.05, 3.63) is 70.9 Å². The van der Waals surface area contributed by atoms with Gasteiger partial charge >= 0.3 is 5.97 Å². The molecule has 0 radical (unpaired) electrons. The van der Waals surface area contributed by atoms with Gasteiger partial charge in [0.15, 0.2) is 16.7 Å². The second-order valence-corrected chi connectivity index (χ2v) is 9.62. The lowest BCUT2D eigenvalue weighted by molar-refractivity contribution is 0.0696. The molecular formula is C26H28N4O5S. The van der Waals surface area contributed by atoms with E-state index in [1.807, 2.05) is 18.2 Å². The number of benzene rings is 2. The van der Waals surface area contributed by atoms with E-state index in [0.29, 0.717) is 17.5 Å². The number of thioether (sulfide) groups is 1. The van der Waals surface area contributed by atoms with Crippen LogP contribution in [-0.4, -0.2) is 66.0 Å². The Morgan fingerprint density at radius 3 is 2.67 bits per heavy atom. The Balaban J connectivity index is 1.22. The normalized spacial score (nSPS) is 15.3. The van der Waals surface area contributed by atoms with E-state index >= 15 is 0 Å². The maximum Gasteiger partial charge on any atom is 0.335 e. The van der Waals surface area contributed by atoms with Gasteiger partial charge in [-0.25, -0.2) is 14.8 Å². The number of carboxylic acids is 1. The predicted octanol–water partition coefficient (Wildman–Crippen LogP) is 3.66. The third-order valence-electron chi connectivity index (χ3n) is 6.12. The SMILES string of the molecule is COCc1cc(N2CCN(Cc3ccc4c(c3)OCO4)CC2)nc(SCc2cccc(C(=O)O)c2)n1. The maximum atomic E-state index is 11.3. The third kappa shape index (κ3) is 5.89. The summed E-state index contributed by atoms with van der Waals surface area (Å²) in [5.41, 5.74) is 3.23. The molecule has 2 aliphatic rings. The van der Waals surface area contributed by atoms with Crippen LogP contribution in [0.1, 0.15) is 27.2 Å². The van der Waals surface area contributed by atoms with E-state index in [1.54, 1.807) is 25.3 Å². The van der Waals surface area contributed by atoms with E-state index < -0.39 is 5.97 Å². The van der Waals surface area contributed by atoms with Crippen LogP contribution in [0, 0.1) is 0 Å². The molecule has 3 aromatic rings. The van der Waals surface area contributed by atoms with Gasteiger partial charge in [-0.2, -0.15) is 0 Å². The summed E-state index contributed by atoms with van der Waals surface area (Å²) in [6, 6.07) is 15.1. The van der Waals surface area contributed by atoms with Crippen LogP contribution in [0.3, 0.4) is 0 Å². The van der Waals surface area contributed by atoms with Crippen LogP contribution in [0.15, 0.2) is 53.7 Å². The Labute approximate surface area is 214 Å². The van der Waals surface area contributed by atoms with Crippen molar-refractivity contribution in [2.24, 2.45) is 0 Å². The van der Waals surface area contributed by atoms with Gasteiger partial charge in [0, 0.05) is 51.7 Å². The molecule has 36 heavy (non-hydrogen) atoms. The fraction of sp³-hybridized carbons (Fsp3) is 0.346. The molecule has 3 heterocycles. The fourth-order valence-corrected chi connectivity index (χ4v) is 5.10. The number of methoxy groups -OCH3 is 1. The first-order chi connectivity index (χ1) is 17.6. The molecular weight excluding hydrogens is 480 g/mol. The minimum absolute atomic E-state index is 0.279. The van der Waals surface area contributed by atoms with Gasteiger partial charge in [-0.05, 0) is 35.4 Å². The molecule has 1 saturated heterocycles. The van der Waals surface area contributed by atoms with Crippen molar-refractivity contribution in [3.8, 4) is 11.5 Å². The highest BCUT2D eigenvalue weighted by atomic mass is 32.2. The molecule has 1 fully saturated rings. The second-order valence-electron chi connectivity index (χ2n) is 8.68. The van der Waals surface area contributed by atoms with Gasteiger partial charge in [0.05, 0.1) is 17.9 Å². The number of ether oxygens (including phenoxy) is 3. The van der Waals surface area contributed by atoms with Gasteiger partial charge < -0.3 is 24.2 Å². The highest BCUT2D eigenvalue weighted by Gasteiger charge is 2.21. The average Bonchev–Trinajstić information content (AvgIpc) is 3.36. The number of fused-ring (bicyclic) bond motifs is 1. The first-order valence-corrected chi connectivity index (χ1v) is 12.7. The van der Waals surface area contributed by atoms with E-state index in [4.69, 9.17) is 19.2 Å². The summed E-state index contributed by atoms with van der Waals surface area (Å²) in [5, 5.41) is 9.90. The molecule has 0 saturated carbocycles. The minimum atomic E-state index is -0.930. The van der Waals surface area contributed by atoms with E-state index in [1.165, 1.54) is 17.3 Å². The number of hydrogen-bond donors (Lipinski definition) is 1. The van der Waals surface area contributed by atoms with Crippen molar-refractivity contribution in [2.75, 3.05) is 45.0 Å². The predicted molar refractivity (Wildman–Crippen MR) is 136 cm³/mol. The van der Waals surface area contributed by atoms with Crippen LogP contribution in [0.5, 0.6) is 11.5 Å². The molecule has 1 N–H and O–H groups in total. The van der Waals surface area contributed by atoms with Gasteiger partial charge in [-0.1, -0.05) is 30.0 Å². The molecule has 0 unspecified atom stereocenters. The molecule has 1 aromatic heterocycles. The summed E-state index contributed by atoms with van der Waals surface area (Å²) in [6.07, 6.45) is 0. The molecule has 9 nitrogen and oxygen atoms in total. The molecule has 0 amide bonds. The van der Waals surface area contributed by atoms with Crippen molar-refractivity contribution >= 4 is 23.5 Å². The zero-order valence-corrected chi connectivity index (χ0v) is 20.9. The largest absolute Gasteiger partial charge is 0.478 e. The first kappa shape index (κ1) is 24.4. The number of rotatable bonds is 9. The highest BCUT2D eigenvalue weighted by molar-refractivity contribution is 7.98. The molecule has 5 rings (SSSR count). The quantitative estimate of drug-likeness (QED) is 0.341. The molecule has 2 aromatic carbocycles. The zero-order valence-electron chi connectivity index (χ0n) is 20.1. The Kier molecular flexibility index (Phi) is 7.55. The number of carbonyl (C=O) groups is 1. The number of carboxylic acid groups (broad SMARTS) is 1. The molecule has 0 spiro atoms. The number of aromatic nitrogens is 2.